The summed E-state index contributed by atoms with van der Waals surface area (Å²) in [5, 5.41) is 17.4. The van der Waals surface area contributed by atoms with Gasteiger partial charge in [-0.15, -0.1) is 0 Å². The SMILES string of the molecule is CC(=N)c1ccc(C(=O)Cc2c(C(=O)Nc3ccc(Cl)cc3NC=O)cnn2C)cc1. The minimum absolute atomic E-state index is 0.0256. The molecular formula is C22H20ClN5O3. The lowest BCUT2D eigenvalue weighted by Crippen LogP contribution is -2.17. The number of amides is 2. The monoisotopic (exact) mass is 437 g/mol. The van der Waals surface area contributed by atoms with Crippen LogP contribution >= 0.6 is 11.6 Å². The van der Waals surface area contributed by atoms with Crippen LogP contribution in [0.5, 0.6) is 0 Å². The molecule has 0 aliphatic rings. The molecule has 0 saturated heterocycles. The van der Waals surface area contributed by atoms with Crippen molar-refractivity contribution in [3.63, 3.8) is 0 Å². The molecule has 1 aromatic heterocycles. The maximum absolute atomic E-state index is 12.9. The van der Waals surface area contributed by atoms with Gasteiger partial charge in [0.2, 0.25) is 6.41 Å². The Morgan fingerprint density at radius 3 is 2.45 bits per heavy atom. The van der Waals surface area contributed by atoms with E-state index >= 15 is 0 Å². The molecule has 9 heteroatoms. The summed E-state index contributed by atoms with van der Waals surface area (Å²) >= 11 is 5.95. The molecule has 0 atom stereocenters. The predicted octanol–water partition coefficient (Wildman–Crippen LogP) is 3.71. The van der Waals surface area contributed by atoms with Crippen molar-refractivity contribution in [3.05, 3.63) is 76.1 Å². The molecule has 2 amide bonds. The average Bonchev–Trinajstić information content (AvgIpc) is 3.10. The number of ketones is 1. The highest BCUT2D eigenvalue weighted by Crippen LogP contribution is 2.26. The van der Waals surface area contributed by atoms with Crippen LogP contribution < -0.4 is 10.6 Å². The zero-order valence-corrected chi connectivity index (χ0v) is 17.7. The summed E-state index contributed by atoms with van der Waals surface area (Å²) in [5.41, 5.74) is 3.03. The van der Waals surface area contributed by atoms with Crippen LogP contribution in [0.15, 0.2) is 48.7 Å². The Kier molecular flexibility index (Phi) is 6.61. The molecule has 1 heterocycles. The topological polar surface area (TPSA) is 117 Å². The van der Waals surface area contributed by atoms with E-state index in [1.807, 2.05) is 0 Å². The zero-order chi connectivity index (χ0) is 22.5. The Morgan fingerprint density at radius 2 is 1.81 bits per heavy atom. The van der Waals surface area contributed by atoms with Gasteiger partial charge in [-0.2, -0.15) is 5.10 Å². The fourth-order valence-corrected chi connectivity index (χ4v) is 3.19. The highest BCUT2D eigenvalue weighted by atomic mass is 35.5. The molecule has 0 saturated carbocycles. The summed E-state index contributed by atoms with van der Waals surface area (Å²) in [4.78, 5) is 36.5. The first-order chi connectivity index (χ1) is 14.8. The van der Waals surface area contributed by atoms with Gasteiger partial charge in [-0.05, 0) is 30.7 Å². The number of aromatic nitrogens is 2. The molecule has 158 valence electrons. The number of aryl methyl sites for hydroxylation is 1. The molecule has 31 heavy (non-hydrogen) atoms. The number of benzene rings is 2. The first kappa shape index (κ1) is 21.9. The largest absolute Gasteiger partial charge is 0.327 e. The Labute approximate surface area is 183 Å². The Hall–Kier alpha value is -3.78. The number of halogens is 1. The molecule has 3 N–H and O–H groups in total. The summed E-state index contributed by atoms with van der Waals surface area (Å²) in [6.07, 6.45) is 1.85. The van der Waals surface area contributed by atoms with Crippen molar-refractivity contribution in [1.29, 1.82) is 5.41 Å². The van der Waals surface area contributed by atoms with Gasteiger partial charge in [0.05, 0.1) is 35.2 Å². The minimum atomic E-state index is -0.470. The fourth-order valence-electron chi connectivity index (χ4n) is 3.02. The van der Waals surface area contributed by atoms with Crippen molar-refractivity contribution in [3.8, 4) is 0 Å². The van der Waals surface area contributed by atoms with Gasteiger partial charge in [0.1, 0.15) is 0 Å². The van der Waals surface area contributed by atoms with Gasteiger partial charge in [-0.3, -0.25) is 19.1 Å². The van der Waals surface area contributed by atoms with Gasteiger partial charge in [-0.1, -0.05) is 35.9 Å². The van der Waals surface area contributed by atoms with Gasteiger partial charge in [0, 0.05) is 23.3 Å². The van der Waals surface area contributed by atoms with E-state index < -0.39 is 5.91 Å². The molecule has 0 fully saturated rings. The summed E-state index contributed by atoms with van der Waals surface area (Å²) in [7, 11) is 1.66. The average molecular weight is 438 g/mol. The van der Waals surface area contributed by atoms with Gasteiger partial charge in [-0.25, -0.2) is 0 Å². The predicted molar refractivity (Wildman–Crippen MR) is 119 cm³/mol. The lowest BCUT2D eigenvalue weighted by Gasteiger charge is -2.11. The zero-order valence-electron chi connectivity index (χ0n) is 16.9. The minimum Gasteiger partial charge on any atom is -0.327 e. The lowest BCUT2D eigenvalue weighted by atomic mass is 10.0. The standard InChI is InChI=1S/C22H20ClN5O3/c1-13(24)14-3-5-15(6-4-14)21(30)10-20-17(11-26-28(20)2)22(31)27-18-8-7-16(23)9-19(18)25-12-29/h3-9,11-12,24H,10H2,1-2H3,(H,25,29)(H,27,31). The second kappa shape index (κ2) is 9.36. The highest BCUT2D eigenvalue weighted by Gasteiger charge is 2.20. The van der Waals surface area contributed by atoms with Gasteiger partial charge >= 0.3 is 0 Å². The second-order valence-electron chi connectivity index (χ2n) is 6.84. The van der Waals surface area contributed by atoms with Crippen LogP contribution in [-0.2, 0) is 18.3 Å². The normalized spacial score (nSPS) is 10.4. The third-order valence-electron chi connectivity index (χ3n) is 4.72. The Morgan fingerprint density at radius 1 is 1.13 bits per heavy atom. The second-order valence-corrected chi connectivity index (χ2v) is 7.27. The maximum atomic E-state index is 12.9. The number of rotatable bonds is 8. The van der Waals surface area contributed by atoms with Crippen molar-refractivity contribution < 1.29 is 14.4 Å². The lowest BCUT2D eigenvalue weighted by molar-refractivity contribution is -0.105. The molecule has 0 aliphatic carbocycles. The van der Waals surface area contributed by atoms with Crippen molar-refractivity contribution >= 4 is 46.8 Å². The van der Waals surface area contributed by atoms with E-state index in [2.05, 4.69) is 15.7 Å². The number of Topliss-reactive ketones (excluding diaryl/α,β-unsaturated/α-hetero) is 1. The smallest absolute Gasteiger partial charge is 0.259 e. The van der Waals surface area contributed by atoms with Crippen LogP contribution in [0, 0.1) is 5.41 Å². The van der Waals surface area contributed by atoms with E-state index in [4.69, 9.17) is 17.0 Å². The molecule has 0 aliphatic heterocycles. The summed E-state index contributed by atoms with van der Waals surface area (Å²) in [5.74, 6) is -0.649. The molecular weight excluding hydrogens is 418 g/mol. The van der Waals surface area contributed by atoms with Crippen LogP contribution in [0.2, 0.25) is 5.02 Å². The first-order valence-electron chi connectivity index (χ1n) is 9.31. The quantitative estimate of drug-likeness (QED) is 0.283. The maximum Gasteiger partial charge on any atom is 0.259 e. The van der Waals surface area contributed by atoms with Crippen LogP contribution in [0.25, 0.3) is 0 Å². The molecule has 3 aromatic rings. The van der Waals surface area contributed by atoms with Crippen LogP contribution in [-0.4, -0.2) is 33.6 Å². The van der Waals surface area contributed by atoms with Crippen LogP contribution in [0.1, 0.15) is 38.9 Å². The molecule has 0 unspecified atom stereocenters. The van der Waals surface area contributed by atoms with E-state index in [1.54, 1.807) is 50.4 Å². The highest BCUT2D eigenvalue weighted by molar-refractivity contribution is 6.31. The van der Waals surface area contributed by atoms with Crippen molar-refractivity contribution in [2.45, 2.75) is 13.3 Å². The number of hydrogen-bond donors (Lipinski definition) is 3. The fraction of sp³-hybridized carbons (Fsp3) is 0.136. The molecule has 3 rings (SSSR count). The van der Waals surface area contributed by atoms with Gasteiger partial charge in [0.25, 0.3) is 5.91 Å². The number of carbonyl (C=O) groups excluding carboxylic acids is 3. The van der Waals surface area contributed by atoms with E-state index in [1.165, 1.54) is 16.9 Å². The van der Waals surface area contributed by atoms with Gasteiger partial charge in [0.15, 0.2) is 5.78 Å². The van der Waals surface area contributed by atoms with Crippen molar-refractivity contribution in [2.24, 2.45) is 7.05 Å². The molecule has 0 bridgehead atoms. The van der Waals surface area contributed by atoms with E-state index in [0.29, 0.717) is 39.8 Å². The summed E-state index contributed by atoms with van der Waals surface area (Å²) < 4.78 is 1.48. The number of nitrogens with zero attached hydrogens (tertiary/aromatic N) is 2. The van der Waals surface area contributed by atoms with E-state index in [9.17, 15) is 14.4 Å². The summed E-state index contributed by atoms with van der Waals surface area (Å²) in [6, 6.07) is 11.4. The van der Waals surface area contributed by atoms with E-state index in [0.717, 1.165) is 5.56 Å². The number of anilines is 2. The summed E-state index contributed by atoms with van der Waals surface area (Å²) in [6.45, 7) is 1.67. The number of nitrogens with one attached hydrogen (secondary N) is 3. The van der Waals surface area contributed by atoms with E-state index in [-0.39, 0.29) is 17.8 Å². The molecule has 2 aromatic carbocycles. The Bertz CT molecular complexity index is 1170. The third kappa shape index (κ3) is 5.04. The third-order valence-corrected chi connectivity index (χ3v) is 4.95. The molecule has 0 radical (unpaired) electrons. The van der Waals surface area contributed by atoms with Gasteiger partial charge < -0.3 is 16.0 Å². The van der Waals surface area contributed by atoms with Crippen molar-refractivity contribution in [1.82, 2.24) is 9.78 Å². The Balaban J connectivity index is 1.82. The van der Waals surface area contributed by atoms with Crippen molar-refractivity contribution in [2.75, 3.05) is 10.6 Å². The first-order valence-corrected chi connectivity index (χ1v) is 9.68. The number of hydrogen-bond acceptors (Lipinski definition) is 5. The van der Waals surface area contributed by atoms with Crippen LogP contribution in [0.3, 0.4) is 0 Å². The number of carbonyl (C=O) groups is 3. The molecule has 8 nitrogen and oxygen atoms in total. The van der Waals surface area contributed by atoms with Crippen LogP contribution in [0.4, 0.5) is 11.4 Å². The molecule has 0 spiro atoms.